The van der Waals surface area contributed by atoms with Crippen LogP contribution in [-0.2, 0) is 14.4 Å². The third-order valence-corrected chi connectivity index (χ3v) is 1.29. The van der Waals surface area contributed by atoms with Crippen LogP contribution in [0, 0.1) is 0 Å². The Kier molecular flexibility index (Phi) is 16.5. The molecule has 0 aromatic carbocycles. The van der Waals surface area contributed by atoms with Gasteiger partial charge in [0.15, 0.2) is 5.60 Å². The van der Waals surface area contributed by atoms with E-state index in [4.69, 9.17) is 20.4 Å². The van der Waals surface area contributed by atoms with Gasteiger partial charge in [0.1, 0.15) is 0 Å². The summed E-state index contributed by atoms with van der Waals surface area (Å²) in [5, 5.41) is 33.8. The van der Waals surface area contributed by atoms with Crippen molar-refractivity contribution in [2.75, 3.05) is 0 Å². The second kappa shape index (κ2) is 10.5. The molecule has 0 radical (unpaired) electrons. The van der Waals surface area contributed by atoms with Crippen LogP contribution in [0.3, 0.4) is 0 Å². The number of carboxylic acids is 3. The van der Waals surface area contributed by atoms with E-state index in [1.54, 1.807) is 0 Å². The Hall–Kier alpha value is 0.300. The van der Waals surface area contributed by atoms with E-state index in [9.17, 15) is 14.4 Å². The van der Waals surface area contributed by atoms with Crippen molar-refractivity contribution in [1.29, 1.82) is 0 Å². The van der Waals surface area contributed by atoms with Gasteiger partial charge in [0.25, 0.3) is 0 Å². The molecule has 0 unspecified atom stereocenters. The largest absolute Gasteiger partial charge is 1.00 e. The number of hydrogen-bond acceptors (Lipinski definition) is 4. The smallest absolute Gasteiger partial charge is 1.00 e. The number of aliphatic carboxylic acids is 3. The number of hydrogen-bond donors (Lipinski definition) is 4. The minimum atomic E-state index is -2.74. The zero-order chi connectivity index (χ0) is 10.6. The summed E-state index contributed by atoms with van der Waals surface area (Å²) in [7, 11) is 0. The number of rotatable bonds is 5. The van der Waals surface area contributed by atoms with E-state index in [1.807, 2.05) is 0 Å². The molecule has 0 heterocycles. The van der Waals surface area contributed by atoms with Crippen LogP contribution in [0.25, 0.3) is 0 Å². The fourth-order valence-electron chi connectivity index (χ4n) is 0.714. The van der Waals surface area contributed by atoms with Gasteiger partial charge in [-0.1, -0.05) is 0 Å². The fourth-order valence-corrected chi connectivity index (χ4v) is 0.714. The number of carbonyl (C=O) groups is 3. The Morgan fingerprint density at radius 2 is 1.19 bits per heavy atom. The van der Waals surface area contributed by atoms with Gasteiger partial charge in [-0.3, -0.25) is 14.3 Å². The first-order valence-electron chi connectivity index (χ1n) is 3.17. The summed E-state index contributed by atoms with van der Waals surface area (Å²) >= 11 is 0. The van der Waals surface area contributed by atoms with Crippen molar-refractivity contribution in [2.45, 2.75) is 18.4 Å². The second-order valence-electron chi connectivity index (χ2n) is 2.48. The van der Waals surface area contributed by atoms with Crippen molar-refractivity contribution in [1.82, 2.24) is 0 Å². The molecule has 10 heteroatoms. The van der Waals surface area contributed by atoms with E-state index in [-0.39, 0.29) is 66.7 Å². The average molecular weight is 260 g/mol. The van der Waals surface area contributed by atoms with Crippen LogP contribution < -0.4 is 59.1 Å². The van der Waals surface area contributed by atoms with Crippen molar-refractivity contribution in [2.24, 2.45) is 0 Å². The summed E-state index contributed by atoms with van der Waals surface area (Å²) in [6.07, 6.45) is -2.29. The van der Waals surface area contributed by atoms with Gasteiger partial charge < -0.3 is 23.3 Å². The normalized spacial score (nSPS) is 8.81. The number of aliphatic hydroxyl groups is 1. The molecular weight excluding hydrogens is 249 g/mol. The Morgan fingerprint density at radius 3 is 1.31 bits per heavy atom. The topological polar surface area (TPSA) is 132 Å². The van der Waals surface area contributed by atoms with Crippen LogP contribution in [-0.4, -0.2) is 43.9 Å². The van der Waals surface area contributed by atoms with Gasteiger partial charge in [-0.25, -0.2) is 4.79 Å². The van der Waals surface area contributed by atoms with E-state index in [1.165, 1.54) is 0 Å². The predicted octanol–water partition coefficient (Wildman–Crippen LogP) is -6.86. The molecule has 16 heavy (non-hydrogen) atoms. The zero-order valence-corrected chi connectivity index (χ0v) is 12.8. The molecule has 0 spiro atoms. The SMILES string of the molecule is F.O=C(O)CC(O)(CC(=O)O)C(=O)O.[H-].[H-].[Na+].[Na+]. The van der Waals surface area contributed by atoms with Gasteiger partial charge in [-0.15, -0.1) is 0 Å². The fraction of sp³-hybridized carbons (Fsp3) is 0.500. The molecule has 0 aliphatic heterocycles. The van der Waals surface area contributed by atoms with Crippen molar-refractivity contribution in [3.05, 3.63) is 0 Å². The Labute approximate surface area is 137 Å². The van der Waals surface area contributed by atoms with Crippen molar-refractivity contribution < 1.29 is 101 Å². The Bertz CT molecular complexity index is 250. The summed E-state index contributed by atoms with van der Waals surface area (Å²) in [6, 6.07) is 0. The quantitative estimate of drug-likeness (QED) is 0.361. The molecule has 0 saturated carbocycles. The minimum absolute atomic E-state index is 0. The van der Waals surface area contributed by atoms with E-state index in [0.717, 1.165) is 0 Å². The molecule has 0 aliphatic carbocycles. The second-order valence-corrected chi connectivity index (χ2v) is 2.48. The molecule has 0 saturated heterocycles. The molecule has 86 valence electrons. The summed E-state index contributed by atoms with van der Waals surface area (Å²) in [6.45, 7) is 0. The maximum Gasteiger partial charge on any atom is 1.00 e. The zero-order valence-electron chi connectivity index (χ0n) is 10.8. The molecule has 0 aliphatic rings. The van der Waals surface area contributed by atoms with Gasteiger partial charge in [-0.05, 0) is 0 Å². The molecule has 0 atom stereocenters. The van der Waals surface area contributed by atoms with Crippen LogP contribution >= 0.6 is 0 Å². The molecule has 0 fully saturated rings. The van der Waals surface area contributed by atoms with E-state index in [0.29, 0.717) is 0 Å². The monoisotopic (exact) mass is 260 g/mol. The Morgan fingerprint density at radius 1 is 0.938 bits per heavy atom. The van der Waals surface area contributed by atoms with Gasteiger partial charge in [0.2, 0.25) is 0 Å². The first-order chi connectivity index (χ1) is 5.78. The van der Waals surface area contributed by atoms with Crippen LogP contribution in [0.1, 0.15) is 15.7 Å². The van der Waals surface area contributed by atoms with Crippen LogP contribution in [0.2, 0.25) is 0 Å². The maximum absolute atomic E-state index is 10.3. The van der Waals surface area contributed by atoms with Crippen LogP contribution in [0.5, 0.6) is 0 Å². The summed E-state index contributed by atoms with van der Waals surface area (Å²) in [4.78, 5) is 30.5. The number of carboxylic acid groups (broad SMARTS) is 3. The third-order valence-electron chi connectivity index (χ3n) is 1.29. The van der Waals surface area contributed by atoms with Gasteiger partial charge in [0, 0.05) is 0 Å². The first kappa shape index (κ1) is 25.2. The van der Waals surface area contributed by atoms with Gasteiger partial charge in [0.05, 0.1) is 12.8 Å². The summed E-state index contributed by atoms with van der Waals surface area (Å²) in [5.74, 6) is -5.02. The number of halogens is 1. The van der Waals surface area contributed by atoms with E-state index >= 15 is 0 Å². The van der Waals surface area contributed by atoms with Gasteiger partial charge in [-0.2, -0.15) is 0 Å². The molecule has 0 bridgehead atoms. The summed E-state index contributed by atoms with van der Waals surface area (Å²) < 4.78 is 0. The standard InChI is InChI=1S/C6H8O7.FH.2Na.2H/c7-3(8)1-6(13,5(11)12)2-4(9)10;;;;;/h13H,1-2H2,(H,7,8)(H,9,10)(H,11,12);1H;;;;/q;;2*+1;2*-1. The molecule has 7 nitrogen and oxygen atoms in total. The summed E-state index contributed by atoms with van der Waals surface area (Å²) in [5.41, 5.74) is -2.74. The average Bonchev–Trinajstić information content (AvgIpc) is 1.82. The minimum Gasteiger partial charge on any atom is -1.00 e. The molecule has 0 aromatic rings. The third kappa shape index (κ3) is 9.52. The van der Waals surface area contributed by atoms with Crippen LogP contribution in [0.4, 0.5) is 4.70 Å². The molecule has 0 rings (SSSR count). The predicted molar refractivity (Wildman–Crippen MR) is 41.8 cm³/mol. The Balaban J connectivity index is -0.0000000720. The van der Waals surface area contributed by atoms with Crippen molar-refractivity contribution in [3.8, 4) is 0 Å². The molecular formula is C6H11FNa2O7. The van der Waals surface area contributed by atoms with E-state index in [2.05, 4.69) is 0 Å². The molecule has 0 aromatic heterocycles. The maximum atomic E-state index is 10.3. The molecule has 0 amide bonds. The molecule has 4 N–H and O–H groups in total. The van der Waals surface area contributed by atoms with Crippen LogP contribution in [0.15, 0.2) is 0 Å². The van der Waals surface area contributed by atoms with E-state index < -0.39 is 36.4 Å². The first-order valence-corrected chi connectivity index (χ1v) is 3.17. The van der Waals surface area contributed by atoms with Crippen molar-refractivity contribution >= 4 is 17.9 Å². The van der Waals surface area contributed by atoms with Crippen molar-refractivity contribution in [3.63, 3.8) is 0 Å². The van der Waals surface area contributed by atoms with Gasteiger partial charge >= 0.3 is 77.0 Å².